The molecule has 1 aliphatic carbocycles. The van der Waals surface area contributed by atoms with Crippen molar-refractivity contribution in [2.75, 3.05) is 0 Å². The molecule has 0 saturated heterocycles. The first-order chi connectivity index (χ1) is 15.5. The molecular formula is C25H19ClN4O2. The first-order valence-electron chi connectivity index (χ1n) is 10.5. The van der Waals surface area contributed by atoms with Gasteiger partial charge in [0, 0.05) is 47.0 Å². The standard InChI is InChI=1S/C25H19ClN4O2/c1-29-13-17-12-19(7-10-21(17)28-29)30-14-16-4-11-22(32-20-8-9-20)27-24(16)23(25(30)31)15-2-5-18(26)6-3-15/h2-7,10-14,20H,8-9H2,1H3. The lowest BCUT2D eigenvalue weighted by Crippen LogP contribution is -2.20. The van der Waals surface area contributed by atoms with E-state index in [1.54, 1.807) is 21.4 Å². The summed E-state index contributed by atoms with van der Waals surface area (Å²) in [5, 5.41) is 6.86. The van der Waals surface area contributed by atoms with Crippen molar-refractivity contribution in [1.82, 2.24) is 19.3 Å². The van der Waals surface area contributed by atoms with E-state index in [1.165, 1.54) is 0 Å². The molecule has 32 heavy (non-hydrogen) atoms. The summed E-state index contributed by atoms with van der Waals surface area (Å²) in [4.78, 5) is 18.5. The van der Waals surface area contributed by atoms with Crippen LogP contribution in [0.15, 0.2) is 71.8 Å². The van der Waals surface area contributed by atoms with Crippen molar-refractivity contribution in [3.05, 3.63) is 82.4 Å². The van der Waals surface area contributed by atoms with E-state index in [0.717, 1.165) is 40.4 Å². The predicted molar refractivity (Wildman–Crippen MR) is 126 cm³/mol. The molecule has 0 radical (unpaired) electrons. The second-order valence-electron chi connectivity index (χ2n) is 8.14. The van der Waals surface area contributed by atoms with E-state index in [9.17, 15) is 4.79 Å². The molecule has 0 N–H and O–H groups in total. The largest absolute Gasteiger partial charge is 0.474 e. The Morgan fingerprint density at radius 2 is 1.81 bits per heavy atom. The average Bonchev–Trinajstić information content (AvgIpc) is 3.51. The van der Waals surface area contributed by atoms with Crippen LogP contribution in [0.4, 0.5) is 0 Å². The van der Waals surface area contributed by atoms with Crippen LogP contribution in [0, 0.1) is 0 Å². The molecule has 3 aromatic heterocycles. The first kappa shape index (κ1) is 19.1. The van der Waals surface area contributed by atoms with Gasteiger partial charge in [0.05, 0.1) is 16.6 Å². The predicted octanol–water partition coefficient (Wildman–Crippen LogP) is 5.13. The summed E-state index contributed by atoms with van der Waals surface area (Å²) in [6.45, 7) is 0. The highest BCUT2D eigenvalue weighted by Gasteiger charge is 2.24. The van der Waals surface area contributed by atoms with Gasteiger partial charge in [-0.2, -0.15) is 5.10 Å². The Labute approximate surface area is 188 Å². The average molecular weight is 443 g/mol. The van der Waals surface area contributed by atoms with Crippen molar-refractivity contribution in [3.63, 3.8) is 0 Å². The third-order valence-electron chi connectivity index (χ3n) is 5.66. The minimum Gasteiger partial charge on any atom is -0.474 e. The van der Waals surface area contributed by atoms with Crippen molar-refractivity contribution in [3.8, 4) is 22.7 Å². The van der Waals surface area contributed by atoms with Gasteiger partial charge in [0.1, 0.15) is 6.10 Å². The van der Waals surface area contributed by atoms with Crippen LogP contribution >= 0.6 is 11.6 Å². The Hall–Kier alpha value is -3.64. The minimum atomic E-state index is -0.154. The van der Waals surface area contributed by atoms with Crippen molar-refractivity contribution >= 4 is 33.4 Å². The summed E-state index contributed by atoms with van der Waals surface area (Å²) in [5.74, 6) is 0.546. The number of hydrogen-bond acceptors (Lipinski definition) is 4. The summed E-state index contributed by atoms with van der Waals surface area (Å²) in [6.07, 6.45) is 6.09. The van der Waals surface area contributed by atoms with Crippen LogP contribution in [0.2, 0.25) is 5.02 Å². The minimum absolute atomic E-state index is 0.154. The van der Waals surface area contributed by atoms with E-state index in [0.29, 0.717) is 22.0 Å². The fraction of sp³-hybridized carbons (Fsp3) is 0.160. The van der Waals surface area contributed by atoms with Crippen LogP contribution in [0.25, 0.3) is 38.6 Å². The number of pyridine rings is 2. The Kier molecular flexibility index (Phi) is 4.30. The molecule has 0 amide bonds. The fourth-order valence-corrected chi connectivity index (χ4v) is 4.08. The van der Waals surface area contributed by atoms with Gasteiger partial charge in [0.25, 0.3) is 5.56 Å². The van der Waals surface area contributed by atoms with Crippen LogP contribution in [0.1, 0.15) is 12.8 Å². The number of benzene rings is 2. The van der Waals surface area contributed by atoms with Crippen LogP contribution < -0.4 is 10.3 Å². The van der Waals surface area contributed by atoms with Gasteiger partial charge in [-0.1, -0.05) is 23.7 Å². The van der Waals surface area contributed by atoms with Gasteiger partial charge >= 0.3 is 0 Å². The molecule has 0 atom stereocenters. The van der Waals surface area contributed by atoms with Crippen LogP contribution in [0.5, 0.6) is 5.88 Å². The number of hydrogen-bond donors (Lipinski definition) is 0. The Morgan fingerprint density at radius 1 is 1.00 bits per heavy atom. The third kappa shape index (κ3) is 3.33. The highest BCUT2D eigenvalue weighted by molar-refractivity contribution is 6.30. The van der Waals surface area contributed by atoms with Crippen molar-refractivity contribution in [1.29, 1.82) is 0 Å². The van der Waals surface area contributed by atoms with Crippen LogP contribution in [-0.2, 0) is 7.05 Å². The molecule has 158 valence electrons. The number of rotatable bonds is 4. The molecule has 0 aliphatic heterocycles. The van der Waals surface area contributed by atoms with Gasteiger partial charge in [0.15, 0.2) is 0 Å². The molecule has 7 heteroatoms. The normalized spacial score (nSPS) is 13.7. The number of nitrogens with zero attached hydrogens (tertiary/aromatic N) is 4. The zero-order valence-corrected chi connectivity index (χ0v) is 18.1. The Morgan fingerprint density at radius 3 is 2.59 bits per heavy atom. The number of aryl methyl sites for hydroxylation is 1. The van der Waals surface area contributed by atoms with Gasteiger partial charge < -0.3 is 4.74 Å². The molecule has 5 aromatic rings. The lowest BCUT2D eigenvalue weighted by atomic mass is 10.0. The van der Waals surface area contributed by atoms with Gasteiger partial charge in [-0.05, 0) is 54.8 Å². The fourth-order valence-electron chi connectivity index (χ4n) is 3.95. The number of aromatic nitrogens is 4. The maximum Gasteiger partial charge on any atom is 0.265 e. The number of ether oxygens (including phenoxy) is 1. The molecule has 0 bridgehead atoms. The zero-order chi connectivity index (χ0) is 21.8. The molecule has 1 fully saturated rings. The smallest absolute Gasteiger partial charge is 0.265 e. The second-order valence-corrected chi connectivity index (χ2v) is 8.57. The molecule has 3 heterocycles. The maximum absolute atomic E-state index is 13.8. The molecule has 6 rings (SSSR count). The molecule has 1 aliphatic rings. The zero-order valence-electron chi connectivity index (χ0n) is 17.3. The van der Waals surface area contributed by atoms with Gasteiger partial charge in [-0.3, -0.25) is 14.0 Å². The summed E-state index contributed by atoms with van der Waals surface area (Å²) >= 11 is 6.10. The van der Waals surface area contributed by atoms with E-state index < -0.39 is 0 Å². The van der Waals surface area contributed by atoms with E-state index in [-0.39, 0.29) is 11.7 Å². The maximum atomic E-state index is 13.8. The molecule has 0 unspecified atom stereocenters. The van der Waals surface area contributed by atoms with E-state index in [1.807, 2.05) is 61.9 Å². The molecule has 6 nitrogen and oxygen atoms in total. The Balaban J connectivity index is 1.61. The first-order valence-corrected chi connectivity index (χ1v) is 10.9. The quantitative estimate of drug-likeness (QED) is 0.387. The highest BCUT2D eigenvalue weighted by atomic mass is 35.5. The van der Waals surface area contributed by atoms with Crippen molar-refractivity contribution in [2.24, 2.45) is 7.05 Å². The number of fused-ring (bicyclic) bond motifs is 2. The van der Waals surface area contributed by atoms with E-state index in [4.69, 9.17) is 21.3 Å². The monoisotopic (exact) mass is 442 g/mol. The lowest BCUT2D eigenvalue weighted by molar-refractivity contribution is 0.292. The van der Waals surface area contributed by atoms with E-state index >= 15 is 0 Å². The highest BCUT2D eigenvalue weighted by Crippen LogP contribution is 2.31. The Bertz CT molecular complexity index is 1550. The molecule has 1 saturated carbocycles. The summed E-state index contributed by atoms with van der Waals surface area (Å²) < 4.78 is 9.33. The van der Waals surface area contributed by atoms with Crippen molar-refractivity contribution in [2.45, 2.75) is 18.9 Å². The second kappa shape index (κ2) is 7.21. The van der Waals surface area contributed by atoms with Crippen LogP contribution in [-0.4, -0.2) is 25.4 Å². The molecule has 0 spiro atoms. The summed E-state index contributed by atoms with van der Waals surface area (Å²) in [6, 6.07) is 16.9. The van der Waals surface area contributed by atoms with E-state index in [2.05, 4.69) is 5.10 Å². The molecular weight excluding hydrogens is 424 g/mol. The van der Waals surface area contributed by atoms with Gasteiger partial charge in [-0.25, -0.2) is 4.98 Å². The topological polar surface area (TPSA) is 61.9 Å². The van der Waals surface area contributed by atoms with Crippen LogP contribution in [0.3, 0.4) is 0 Å². The number of halogens is 1. The summed E-state index contributed by atoms with van der Waals surface area (Å²) in [7, 11) is 1.88. The summed E-state index contributed by atoms with van der Waals surface area (Å²) in [5.41, 5.74) is 3.40. The SMILES string of the molecule is Cn1cc2cc(-n3cc4ccc(OC5CC5)nc4c(-c4ccc(Cl)cc4)c3=O)ccc2n1. The van der Waals surface area contributed by atoms with Gasteiger partial charge in [-0.15, -0.1) is 0 Å². The van der Waals surface area contributed by atoms with Gasteiger partial charge in [0.2, 0.25) is 5.88 Å². The third-order valence-corrected chi connectivity index (χ3v) is 5.92. The molecule has 2 aromatic carbocycles. The lowest BCUT2D eigenvalue weighted by Gasteiger charge is -2.13. The van der Waals surface area contributed by atoms with Crippen molar-refractivity contribution < 1.29 is 4.74 Å².